The van der Waals surface area contributed by atoms with Crippen molar-refractivity contribution in [3.63, 3.8) is 0 Å². The van der Waals surface area contributed by atoms with Crippen molar-refractivity contribution in [2.24, 2.45) is 11.8 Å². The second-order valence-corrected chi connectivity index (χ2v) is 5.16. The first kappa shape index (κ1) is 18.2. The summed E-state index contributed by atoms with van der Waals surface area (Å²) in [6, 6.07) is -1.83. The molecule has 7 nitrogen and oxygen atoms in total. The van der Waals surface area contributed by atoms with E-state index in [1.54, 1.807) is 34.6 Å². The highest BCUT2D eigenvalue weighted by atomic mass is 16.5. The Bertz CT molecular complexity index is 355. The Morgan fingerprint density at radius 3 is 1.85 bits per heavy atom. The Hall–Kier alpha value is -1.79. The van der Waals surface area contributed by atoms with Crippen LogP contribution in [0.4, 0.5) is 4.79 Å². The Balaban J connectivity index is 4.80. The summed E-state index contributed by atoms with van der Waals surface area (Å²) >= 11 is 0. The number of carboxylic acids is 1. The molecule has 0 heterocycles. The molecule has 2 atom stereocenters. The van der Waals surface area contributed by atoms with Crippen LogP contribution in [0.2, 0.25) is 0 Å². The zero-order valence-electron chi connectivity index (χ0n) is 12.6. The third-order valence-electron chi connectivity index (χ3n) is 2.73. The molecular weight excluding hydrogens is 264 g/mol. The minimum Gasteiger partial charge on any atom is -0.480 e. The van der Waals surface area contributed by atoms with Gasteiger partial charge in [0.2, 0.25) is 5.91 Å². The Morgan fingerprint density at radius 2 is 1.50 bits per heavy atom. The molecule has 0 aromatic rings. The zero-order chi connectivity index (χ0) is 15.9. The summed E-state index contributed by atoms with van der Waals surface area (Å²) in [5, 5.41) is 13.9. The summed E-state index contributed by atoms with van der Waals surface area (Å²) in [4.78, 5) is 34.6. The maximum atomic E-state index is 12.1. The van der Waals surface area contributed by atoms with E-state index < -0.39 is 30.1 Å². The lowest BCUT2D eigenvalue weighted by Gasteiger charge is -2.25. The fourth-order valence-corrected chi connectivity index (χ4v) is 1.59. The lowest BCUT2D eigenvalue weighted by atomic mass is 10.0. The standard InChI is InChI=1S/C13H24N2O5/c1-6-20-13(19)15-9(7(2)3)11(16)14-10(8(4)5)12(17)18/h7-10H,6H2,1-5H3,(H,14,16)(H,15,19)(H,17,18). The van der Waals surface area contributed by atoms with Gasteiger partial charge in [0.1, 0.15) is 12.1 Å². The molecule has 0 bridgehead atoms. The summed E-state index contributed by atoms with van der Waals surface area (Å²) in [7, 11) is 0. The van der Waals surface area contributed by atoms with Crippen LogP contribution in [-0.4, -0.2) is 41.8 Å². The maximum absolute atomic E-state index is 12.1. The third-order valence-corrected chi connectivity index (χ3v) is 2.73. The molecule has 0 radical (unpaired) electrons. The van der Waals surface area contributed by atoms with E-state index in [0.29, 0.717) is 0 Å². The lowest BCUT2D eigenvalue weighted by Crippen LogP contribution is -2.55. The van der Waals surface area contributed by atoms with E-state index in [2.05, 4.69) is 10.6 Å². The minimum atomic E-state index is -1.10. The van der Waals surface area contributed by atoms with Crippen LogP contribution < -0.4 is 10.6 Å². The topological polar surface area (TPSA) is 105 Å². The summed E-state index contributed by atoms with van der Waals surface area (Å²) < 4.78 is 4.73. The molecule has 0 aromatic heterocycles. The van der Waals surface area contributed by atoms with Crippen LogP contribution in [0.25, 0.3) is 0 Å². The van der Waals surface area contributed by atoms with Crippen LogP contribution >= 0.6 is 0 Å². The summed E-state index contributed by atoms with van der Waals surface area (Å²) in [5.74, 6) is -2.09. The van der Waals surface area contributed by atoms with Gasteiger partial charge in [0, 0.05) is 0 Å². The first-order valence-corrected chi connectivity index (χ1v) is 6.67. The van der Waals surface area contributed by atoms with E-state index in [-0.39, 0.29) is 18.4 Å². The van der Waals surface area contributed by atoms with Gasteiger partial charge in [-0.1, -0.05) is 27.7 Å². The number of rotatable bonds is 7. The van der Waals surface area contributed by atoms with Crippen LogP contribution in [-0.2, 0) is 14.3 Å². The van der Waals surface area contributed by atoms with Crippen LogP contribution in [0.15, 0.2) is 0 Å². The minimum absolute atomic E-state index is 0.194. The SMILES string of the molecule is CCOC(=O)NC(C(=O)NC(C(=O)O)C(C)C)C(C)C. The van der Waals surface area contributed by atoms with Crippen molar-refractivity contribution in [2.75, 3.05) is 6.61 Å². The Morgan fingerprint density at radius 1 is 1.00 bits per heavy atom. The first-order valence-electron chi connectivity index (χ1n) is 6.67. The molecule has 2 amide bonds. The van der Waals surface area contributed by atoms with Crippen LogP contribution in [0.5, 0.6) is 0 Å². The lowest BCUT2D eigenvalue weighted by molar-refractivity contribution is -0.143. The molecule has 116 valence electrons. The fraction of sp³-hybridized carbons (Fsp3) is 0.769. The van der Waals surface area contributed by atoms with Gasteiger partial charge in [-0.15, -0.1) is 0 Å². The van der Waals surface area contributed by atoms with Crippen molar-refractivity contribution in [2.45, 2.75) is 46.7 Å². The molecule has 0 aliphatic rings. The number of carbonyl (C=O) groups excluding carboxylic acids is 2. The van der Waals surface area contributed by atoms with Gasteiger partial charge in [-0.05, 0) is 18.8 Å². The van der Waals surface area contributed by atoms with Crippen molar-refractivity contribution in [1.29, 1.82) is 0 Å². The van der Waals surface area contributed by atoms with E-state index in [9.17, 15) is 14.4 Å². The molecule has 0 aliphatic carbocycles. The second kappa shape index (κ2) is 8.39. The summed E-state index contributed by atoms with van der Waals surface area (Å²) in [5.41, 5.74) is 0. The van der Waals surface area contributed by atoms with Gasteiger partial charge < -0.3 is 20.5 Å². The molecule has 0 spiro atoms. The van der Waals surface area contributed by atoms with Crippen LogP contribution in [0.3, 0.4) is 0 Å². The monoisotopic (exact) mass is 288 g/mol. The van der Waals surface area contributed by atoms with Crippen LogP contribution in [0.1, 0.15) is 34.6 Å². The van der Waals surface area contributed by atoms with Crippen LogP contribution in [0, 0.1) is 11.8 Å². The average molecular weight is 288 g/mol. The number of nitrogens with one attached hydrogen (secondary N) is 2. The molecule has 0 fully saturated rings. The van der Waals surface area contributed by atoms with Gasteiger partial charge in [-0.25, -0.2) is 9.59 Å². The zero-order valence-corrected chi connectivity index (χ0v) is 12.6. The molecule has 2 unspecified atom stereocenters. The molecule has 20 heavy (non-hydrogen) atoms. The summed E-state index contributed by atoms with van der Waals surface area (Å²) in [6.07, 6.45) is -0.697. The highest BCUT2D eigenvalue weighted by Crippen LogP contribution is 2.06. The van der Waals surface area contributed by atoms with Crippen molar-refractivity contribution in [3.8, 4) is 0 Å². The quantitative estimate of drug-likeness (QED) is 0.647. The smallest absolute Gasteiger partial charge is 0.407 e. The van der Waals surface area contributed by atoms with Gasteiger partial charge in [0.25, 0.3) is 0 Å². The Kier molecular flexibility index (Phi) is 7.64. The Labute approximate surface area is 119 Å². The van der Waals surface area contributed by atoms with E-state index in [0.717, 1.165) is 0 Å². The van der Waals surface area contributed by atoms with E-state index in [4.69, 9.17) is 9.84 Å². The van der Waals surface area contributed by atoms with Crippen molar-refractivity contribution < 1.29 is 24.2 Å². The van der Waals surface area contributed by atoms with Gasteiger partial charge in [0.15, 0.2) is 0 Å². The molecule has 7 heteroatoms. The highest BCUT2D eigenvalue weighted by molar-refractivity contribution is 5.89. The van der Waals surface area contributed by atoms with Crippen molar-refractivity contribution in [3.05, 3.63) is 0 Å². The van der Waals surface area contributed by atoms with Gasteiger partial charge >= 0.3 is 12.1 Å². The normalized spacial score (nSPS) is 13.8. The number of carboxylic acid groups (broad SMARTS) is 1. The number of hydrogen-bond donors (Lipinski definition) is 3. The number of aliphatic carboxylic acids is 1. The van der Waals surface area contributed by atoms with Gasteiger partial charge in [-0.3, -0.25) is 4.79 Å². The fourth-order valence-electron chi connectivity index (χ4n) is 1.59. The molecule has 0 aliphatic heterocycles. The predicted octanol–water partition coefficient (Wildman–Crippen LogP) is 0.982. The molecule has 0 saturated carbocycles. The van der Waals surface area contributed by atoms with Crippen molar-refractivity contribution in [1.82, 2.24) is 10.6 Å². The number of alkyl carbamates (subject to hydrolysis) is 1. The van der Waals surface area contributed by atoms with Gasteiger partial charge in [0.05, 0.1) is 6.61 Å². The first-order chi connectivity index (χ1) is 9.20. The van der Waals surface area contributed by atoms with E-state index in [1.165, 1.54) is 0 Å². The summed E-state index contributed by atoms with van der Waals surface area (Å²) in [6.45, 7) is 8.75. The predicted molar refractivity (Wildman–Crippen MR) is 73.2 cm³/mol. The number of ether oxygens (including phenoxy) is 1. The van der Waals surface area contributed by atoms with E-state index >= 15 is 0 Å². The maximum Gasteiger partial charge on any atom is 0.407 e. The van der Waals surface area contributed by atoms with E-state index in [1.807, 2.05) is 0 Å². The number of carbonyl (C=O) groups is 3. The second-order valence-electron chi connectivity index (χ2n) is 5.16. The molecule has 0 aromatic carbocycles. The largest absolute Gasteiger partial charge is 0.480 e. The highest BCUT2D eigenvalue weighted by Gasteiger charge is 2.30. The number of hydrogen-bond acceptors (Lipinski definition) is 4. The molecular formula is C13H24N2O5. The third kappa shape index (κ3) is 5.90. The number of amides is 2. The molecule has 0 saturated heterocycles. The average Bonchev–Trinajstić information content (AvgIpc) is 2.31. The molecule has 0 rings (SSSR count). The van der Waals surface area contributed by atoms with Crippen molar-refractivity contribution >= 4 is 18.0 Å². The molecule has 3 N–H and O–H groups in total. The van der Waals surface area contributed by atoms with Gasteiger partial charge in [-0.2, -0.15) is 0 Å².